The van der Waals surface area contributed by atoms with Crippen molar-refractivity contribution in [3.63, 3.8) is 0 Å². The summed E-state index contributed by atoms with van der Waals surface area (Å²) in [5.41, 5.74) is 3.19. The van der Waals surface area contributed by atoms with Gasteiger partial charge in [0.25, 0.3) is 0 Å². The lowest BCUT2D eigenvalue weighted by Gasteiger charge is -2.17. The first-order valence-corrected chi connectivity index (χ1v) is 10.7. The first-order chi connectivity index (χ1) is 14.7. The number of hydrogen-bond donors (Lipinski definition) is 0. The van der Waals surface area contributed by atoms with Crippen molar-refractivity contribution >= 4 is 18.1 Å². The second-order valence-electron chi connectivity index (χ2n) is 6.27. The van der Waals surface area contributed by atoms with Crippen LogP contribution in [0.1, 0.15) is 69.1 Å². The zero-order valence-electron chi connectivity index (χ0n) is 18.9. The molecule has 4 heteroatoms. The molecule has 1 atom stereocenters. The molecule has 0 spiro atoms. The Labute approximate surface area is 181 Å². The number of methoxy groups -OCH3 is 1. The molecule has 1 saturated carbocycles. The van der Waals surface area contributed by atoms with Crippen LogP contribution in [0, 0.1) is 17.8 Å². The highest BCUT2D eigenvalue weighted by Crippen LogP contribution is 2.29. The Bertz CT molecular complexity index is 881. The van der Waals surface area contributed by atoms with E-state index in [2.05, 4.69) is 30.1 Å². The third-order valence-electron chi connectivity index (χ3n) is 4.39. The fourth-order valence-electron chi connectivity index (χ4n) is 2.81. The maximum absolute atomic E-state index is 12.5. The van der Waals surface area contributed by atoms with Crippen LogP contribution in [0.5, 0.6) is 0 Å². The standard InChI is InChI=1S/C22H22N2O2.2C2H6/c1-4-18-19(5-2)23-24(20(18)14-13-16-11-12-16)21(22(25)26-3)15-17-9-7-6-8-10-17;2*1-2/h4-10,16,21H,1-2,11-12,15H2,3H3;2*1-2H3. The summed E-state index contributed by atoms with van der Waals surface area (Å²) in [6.45, 7) is 15.7. The van der Waals surface area contributed by atoms with Crippen molar-refractivity contribution in [2.45, 2.75) is 53.0 Å². The molecule has 1 aliphatic rings. The zero-order chi connectivity index (χ0) is 22.5. The minimum atomic E-state index is -0.599. The van der Waals surface area contributed by atoms with Gasteiger partial charge in [-0.1, -0.05) is 83.2 Å². The average Bonchev–Trinajstić information content (AvgIpc) is 3.58. The van der Waals surface area contributed by atoms with Crippen molar-refractivity contribution in [2.75, 3.05) is 7.11 Å². The third kappa shape index (κ3) is 6.49. The van der Waals surface area contributed by atoms with Crippen molar-refractivity contribution in [3.8, 4) is 11.8 Å². The highest BCUT2D eigenvalue weighted by Gasteiger charge is 2.27. The lowest BCUT2D eigenvalue weighted by Crippen LogP contribution is -2.25. The molecule has 2 aromatic rings. The number of carbonyl (C=O) groups excluding carboxylic acids is 1. The monoisotopic (exact) mass is 406 g/mol. The molecule has 0 radical (unpaired) electrons. The number of aromatic nitrogens is 2. The van der Waals surface area contributed by atoms with Crippen LogP contribution in [0.4, 0.5) is 0 Å². The van der Waals surface area contributed by atoms with Gasteiger partial charge in [-0.2, -0.15) is 5.10 Å². The van der Waals surface area contributed by atoms with Crippen molar-refractivity contribution in [1.29, 1.82) is 0 Å². The Morgan fingerprint density at radius 1 is 1.20 bits per heavy atom. The smallest absolute Gasteiger partial charge is 0.331 e. The quantitative estimate of drug-likeness (QED) is 0.440. The molecular weight excluding hydrogens is 372 g/mol. The third-order valence-corrected chi connectivity index (χ3v) is 4.39. The molecule has 0 bridgehead atoms. The molecule has 1 aromatic carbocycles. The van der Waals surface area contributed by atoms with Gasteiger partial charge in [0.15, 0.2) is 6.04 Å². The van der Waals surface area contributed by atoms with Crippen LogP contribution >= 0.6 is 0 Å². The minimum Gasteiger partial charge on any atom is -0.467 e. The summed E-state index contributed by atoms with van der Waals surface area (Å²) in [4.78, 5) is 12.5. The second kappa shape index (κ2) is 13.2. The van der Waals surface area contributed by atoms with Crippen LogP contribution in [0.15, 0.2) is 43.5 Å². The summed E-state index contributed by atoms with van der Waals surface area (Å²) in [6, 6.07) is 9.21. The molecule has 0 N–H and O–H groups in total. The zero-order valence-corrected chi connectivity index (χ0v) is 18.9. The topological polar surface area (TPSA) is 44.1 Å². The van der Waals surface area contributed by atoms with Gasteiger partial charge >= 0.3 is 5.97 Å². The molecule has 0 amide bonds. The highest BCUT2D eigenvalue weighted by molar-refractivity contribution is 5.76. The number of nitrogens with zero attached hydrogens (tertiary/aromatic N) is 2. The maximum Gasteiger partial charge on any atom is 0.331 e. The molecule has 1 heterocycles. The van der Waals surface area contributed by atoms with Gasteiger partial charge in [-0.05, 0) is 30.4 Å². The van der Waals surface area contributed by atoms with Gasteiger partial charge < -0.3 is 4.74 Å². The number of esters is 1. The van der Waals surface area contributed by atoms with Gasteiger partial charge in [0.1, 0.15) is 5.69 Å². The second-order valence-corrected chi connectivity index (χ2v) is 6.27. The Hall–Kier alpha value is -3.06. The van der Waals surface area contributed by atoms with Crippen LogP contribution in [0.3, 0.4) is 0 Å². The molecular formula is C26H34N2O2. The first kappa shape index (κ1) is 25.0. The maximum atomic E-state index is 12.5. The number of ether oxygens (including phenoxy) is 1. The molecule has 30 heavy (non-hydrogen) atoms. The largest absolute Gasteiger partial charge is 0.467 e. The molecule has 3 rings (SSSR count). The van der Waals surface area contributed by atoms with E-state index in [-0.39, 0.29) is 5.97 Å². The van der Waals surface area contributed by atoms with Gasteiger partial charge in [0.05, 0.1) is 12.8 Å². The van der Waals surface area contributed by atoms with Crippen molar-refractivity contribution < 1.29 is 9.53 Å². The molecule has 160 valence electrons. The van der Waals surface area contributed by atoms with E-state index in [4.69, 9.17) is 4.74 Å². The van der Waals surface area contributed by atoms with E-state index in [1.165, 1.54) is 7.11 Å². The van der Waals surface area contributed by atoms with E-state index >= 15 is 0 Å². The average molecular weight is 407 g/mol. The summed E-state index contributed by atoms with van der Waals surface area (Å²) in [5.74, 6) is 6.56. The molecule has 1 aromatic heterocycles. The van der Waals surface area contributed by atoms with Crippen LogP contribution in [0.2, 0.25) is 0 Å². The van der Waals surface area contributed by atoms with E-state index in [1.807, 2.05) is 58.0 Å². The van der Waals surface area contributed by atoms with E-state index in [0.717, 1.165) is 24.0 Å². The predicted molar refractivity (Wildman–Crippen MR) is 126 cm³/mol. The van der Waals surface area contributed by atoms with Crippen LogP contribution < -0.4 is 0 Å². The van der Waals surface area contributed by atoms with E-state index in [1.54, 1.807) is 16.8 Å². The normalized spacial score (nSPS) is 12.6. The van der Waals surface area contributed by atoms with Crippen LogP contribution in [-0.2, 0) is 16.0 Å². The molecule has 1 aliphatic carbocycles. The summed E-state index contributed by atoms with van der Waals surface area (Å²) in [7, 11) is 1.39. The Morgan fingerprint density at radius 3 is 2.33 bits per heavy atom. The summed E-state index contributed by atoms with van der Waals surface area (Å²) in [5, 5.41) is 4.59. The molecule has 0 saturated heterocycles. The predicted octanol–water partition coefficient (Wildman–Crippen LogP) is 5.94. The number of hydrogen-bond acceptors (Lipinski definition) is 3. The Kier molecular flexibility index (Phi) is 11.0. The van der Waals surface area contributed by atoms with E-state index in [0.29, 0.717) is 23.7 Å². The summed E-state index contributed by atoms with van der Waals surface area (Å²) in [6.07, 6.45) is 6.11. The van der Waals surface area contributed by atoms with Crippen molar-refractivity contribution in [1.82, 2.24) is 9.78 Å². The van der Waals surface area contributed by atoms with E-state index in [9.17, 15) is 4.79 Å². The fourth-order valence-corrected chi connectivity index (χ4v) is 2.81. The summed E-state index contributed by atoms with van der Waals surface area (Å²) < 4.78 is 6.72. The Balaban J connectivity index is 0.00000106. The lowest BCUT2D eigenvalue weighted by molar-refractivity contribution is -0.144. The van der Waals surface area contributed by atoms with Gasteiger partial charge in [0, 0.05) is 17.9 Å². The highest BCUT2D eigenvalue weighted by atomic mass is 16.5. The van der Waals surface area contributed by atoms with Crippen LogP contribution in [0.25, 0.3) is 12.2 Å². The summed E-state index contributed by atoms with van der Waals surface area (Å²) >= 11 is 0. The lowest BCUT2D eigenvalue weighted by atomic mass is 10.1. The fraction of sp³-hybridized carbons (Fsp3) is 0.385. The molecule has 1 unspecified atom stereocenters. The van der Waals surface area contributed by atoms with Gasteiger partial charge in [-0.15, -0.1) is 0 Å². The molecule has 1 fully saturated rings. The number of benzene rings is 1. The molecule has 0 aliphatic heterocycles. The van der Waals surface area contributed by atoms with Gasteiger partial charge in [-0.25, -0.2) is 9.48 Å². The van der Waals surface area contributed by atoms with Crippen molar-refractivity contribution in [3.05, 3.63) is 66.0 Å². The van der Waals surface area contributed by atoms with Gasteiger partial charge in [0.2, 0.25) is 0 Å². The SMILES string of the molecule is C=Cc1nn(C(Cc2ccccc2)C(=O)OC)c(C#CC2CC2)c1C=C.CC.CC. The van der Waals surface area contributed by atoms with E-state index < -0.39 is 6.04 Å². The van der Waals surface area contributed by atoms with Gasteiger partial charge in [-0.3, -0.25) is 0 Å². The minimum absolute atomic E-state index is 0.350. The number of rotatable bonds is 6. The molecule has 4 nitrogen and oxygen atoms in total. The first-order valence-electron chi connectivity index (χ1n) is 10.7. The Morgan fingerprint density at radius 2 is 1.83 bits per heavy atom. The van der Waals surface area contributed by atoms with Crippen LogP contribution in [-0.4, -0.2) is 22.9 Å². The van der Waals surface area contributed by atoms with Crippen molar-refractivity contribution in [2.24, 2.45) is 5.92 Å². The number of carbonyl (C=O) groups is 1.